The first-order chi connectivity index (χ1) is 9.10. The van der Waals surface area contributed by atoms with E-state index in [9.17, 15) is 0 Å². The summed E-state index contributed by atoms with van der Waals surface area (Å²) in [5, 5.41) is 0. The fraction of sp³-hybridized carbons (Fsp3) is 0.250. The van der Waals surface area contributed by atoms with Gasteiger partial charge in [0, 0.05) is 6.07 Å². The van der Waals surface area contributed by atoms with E-state index in [2.05, 4.69) is 19.9 Å². The van der Waals surface area contributed by atoms with E-state index < -0.39 is 0 Å². The molecule has 0 spiro atoms. The summed E-state index contributed by atoms with van der Waals surface area (Å²) in [7, 11) is 1.61. The highest BCUT2D eigenvalue weighted by atomic mass is 16.5. The van der Waals surface area contributed by atoms with Gasteiger partial charge in [-0.25, -0.2) is 0 Å². The van der Waals surface area contributed by atoms with Gasteiger partial charge in [-0.05, 0) is 35.7 Å². The van der Waals surface area contributed by atoms with Crippen LogP contribution in [0.25, 0.3) is 0 Å². The summed E-state index contributed by atoms with van der Waals surface area (Å²) in [6.07, 6.45) is 0. The number of nitrogens with two attached hydrogens (primary N) is 1. The molecule has 2 N–H and O–H groups in total. The highest BCUT2D eigenvalue weighted by molar-refractivity contribution is 5.57. The van der Waals surface area contributed by atoms with Crippen molar-refractivity contribution in [3.8, 4) is 17.2 Å². The number of methoxy groups -OCH3 is 1. The molecule has 3 heteroatoms. The van der Waals surface area contributed by atoms with Gasteiger partial charge in [-0.2, -0.15) is 0 Å². The van der Waals surface area contributed by atoms with Crippen molar-refractivity contribution in [2.75, 3.05) is 12.8 Å². The molecule has 0 saturated carbocycles. The molecule has 3 nitrogen and oxygen atoms in total. The largest absolute Gasteiger partial charge is 0.497 e. The van der Waals surface area contributed by atoms with Gasteiger partial charge in [0.05, 0.1) is 12.8 Å². The Bertz CT molecular complexity index is 564. The van der Waals surface area contributed by atoms with E-state index in [1.807, 2.05) is 30.3 Å². The van der Waals surface area contributed by atoms with Gasteiger partial charge in [0.2, 0.25) is 0 Å². The maximum absolute atomic E-state index is 5.94. The van der Waals surface area contributed by atoms with Crippen LogP contribution in [-0.4, -0.2) is 7.11 Å². The van der Waals surface area contributed by atoms with E-state index >= 15 is 0 Å². The van der Waals surface area contributed by atoms with Crippen molar-refractivity contribution in [2.24, 2.45) is 0 Å². The molecule has 0 radical (unpaired) electrons. The van der Waals surface area contributed by atoms with E-state index in [1.54, 1.807) is 13.2 Å². The average Bonchev–Trinajstić information content (AvgIpc) is 2.41. The summed E-state index contributed by atoms with van der Waals surface area (Å²) in [5.41, 5.74) is 7.74. The molecule has 19 heavy (non-hydrogen) atoms. The summed E-state index contributed by atoms with van der Waals surface area (Å²) >= 11 is 0. The molecule has 0 amide bonds. The third-order valence-electron chi connectivity index (χ3n) is 2.97. The minimum absolute atomic E-state index is 0.469. The number of benzene rings is 2. The van der Waals surface area contributed by atoms with Crippen LogP contribution in [0, 0.1) is 0 Å². The second-order valence-corrected chi connectivity index (χ2v) is 4.73. The standard InChI is InChI=1S/C16H19NO2/c1-11(2)12-5-4-6-14(9-12)19-16-8-7-13(18-3)10-15(16)17/h4-11H,17H2,1-3H3. The van der Waals surface area contributed by atoms with Gasteiger partial charge in [0.15, 0.2) is 5.75 Å². The van der Waals surface area contributed by atoms with Crippen LogP contribution in [0.5, 0.6) is 17.2 Å². The lowest BCUT2D eigenvalue weighted by atomic mass is 10.0. The number of ether oxygens (including phenoxy) is 2. The fourth-order valence-corrected chi connectivity index (χ4v) is 1.81. The smallest absolute Gasteiger partial charge is 0.150 e. The first kappa shape index (κ1) is 13.3. The van der Waals surface area contributed by atoms with Crippen LogP contribution < -0.4 is 15.2 Å². The summed E-state index contributed by atoms with van der Waals surface area (Å²) < 4.78 is 10.9. The van der Waals surface area contributed by atoms with Crippen molar-refractivity contribution < 1.29 is 9.47 Å². The zero-order valence-electron chi connectivity index (χ0n) is 11.5. The van der Waals surface area contributed by atoms with Crippen LogP contribution in [0.4, 0.5) is 5.69 Å². The second-order valence-electron chi connectivity index (χ2n) is 4.73. The minimum Gasteiger partial charge on any atom is -0.497 e. The van der Waals surface area contributed by atoms with Crippen LogP contribution >= 0.6 is 0 Å². The zero-order valence-corrected chi connectivity index (χ0v) is 11.5. The molecular weight excluding hydrogens is 238 g/mol. The van der Waals surface area contributed by atoms with E-state index in [-0.39, 0.29) is 0 Å². The molecule has 2 rings (SSSR count). The van der Waals surface area contributed by atoms with Crippen molar-refractivity contribution >= 4 is 5.69 Å². The second kappa shape index (κ2) is 5.65. The maximum Gasteiger partial charge on any atom is 0.150 e. The minimum atomic E-state index is 0.469. The lowest BCUT2D eigenvalue weighted by Gasteiger charge is -2.12. The third-order valence-corrected chi connectivity index (χ3v) is 2.97. The maximum atomic E-state index is 5.94. The number of anilines is 1. The molecule has 0 aliphatic rings. The van der Waals surface area contributed by atoms with Gasteiger partial charge in [-0.1, -0.05) is 26.0 Å². The lowest BCUT2D eigenvalue weighted by molar-refractivity contribution is 0.413. The highest BCUT2D eigenvalue weighted by Gasteiger charge is 2.05. The van der Waals surface area contributed by atoms with Crippen molar-refractivity contribution in [1.82, 2.24) is 0 Å². The molecule has 0 fully saturated rings. The molecular formula is C16H19NO2. The zero-order chi connectivity index (χ0) is 13.8. The topological polar surface area (TPSA) is 44.5 Å². The van der Waals surface area contributed by atoms with E-state index in [4.69, 9.17) is 15.2 Å². The van der Waals surface area contributed by atoms with Gasteiger partial charge in [-0.15, -0.1) is 0 Å². The Morgan fingerprint density at radius 1 is 1.00 bits per heavy atom. The Kier molecular flexibility index (Phi) is 3.95. The van der Waals surface area contributed by atoms with Crippen LogP contribution in [0.3, 0.4) is 0 Å². The summed E-state index contributed by atoms with van der Waals surface area (Å²) in [6.45, 7) is 4.31. The SMILES string of the molecule is COc1ccc(Oc2cccc(C(C)C)c2)c(N)c1. The van der Waals surface area contributed by atoms with Gasteiger partial charge in [-0.3, -0.25) is 0 Å². The number of rotatable bonds is 4. The van der Waals surface area contributed by atoms with Crippen molar-refractivity contribution in [3.63, 3.8) is 0 Å². The van der Waals surface area contributed by atoms with Crippen molar-refractivity contribution in [2.45, 2.75) is 19.8 Å². The monoisotopic (exact) mass is 257 g/mol. The quantitative estimate of drug-likeness (QED) is 0.835. The number of hydrogen-bond donors (Lipinski definition) is 1. The Hall–Kier alpha value is -2.16. The Balaban J connectivity index is 2.23. The third kappa shape index (κ3) is 3.19. The van der Waals surface area contributed by atoms with Crippen molar-refractivity contribution in [1.29, 1.82) is 0 Å². The Morgan fingerprint density at radius 2 is 1.79 bits per heavy atom. The van der Waals surface area contributed by atoms with Crippen molar-refractivity contribution in [3.05, 3.63) is 48.0 Å². The van der Waals surface area contributed by atoms with Gasteiger partial charge in [0.1, 0.15) is 11.5 Å². The molecule has 0 saturated heterocycles. The summed E-state index contributed by atoms with van der Waals surface area (Å²) in [4.78, 5) is 0. The molecule has 2 aromatic rings. The van der Waals surface area contributed by atoms with Crippen LogP contribution in [0.2, 0.25) is 0 Å². The molecule has 0 unspecified atom stereocenters. The predicted octanol–water partition coefficient (Wildman–Crippen LogP) is 4.19. The molecule has 0 bridgehead atoms. The first-order valence-corrected chi connectivity index (χ1v) is 6.31. The molecule has 0 aromatic heterocycles. The van der Waals surface area contributed by atoms with Gasteiger partial charge >= 0.3 is 0 Å². The predicted molar refractivity (Wildman–Crippen MR) is 78.0 cm³/mol. The van der Waals surface area contributed by atoms with Gasteiger partial charge in [0.25, 0.3) is 0 Å². The van der Waals surface area contributed by atoms with Gasteiger partial charge < -0.3 is 15.2 Å². The highest BCUT2D eigenvalue weighted by Crippen LogP contribution is 2.31. The normalized spacial score (nSPS) is 10.5. The molecule has 0 atom stereocenters. The molecule has 100 valence electrons. The van der Waals surface area contributed by atoms with E-state index in [0.29, 0.717) is 17.4 Å². The van der Waals surface area contributed by atoms with E-state index in [0.717, 1.165) is 11.5 Å². The fourth-order valence-electron chi connectivity index (χ4n) is 1.81. The summed E-state index contributed by atoms with van der Waals surface area (Å²) in [6, 6.07) is 13.4. The molecule has 0 aliphatic heterocycles. The lowest BCUT2D eigenvalue weighted by Crippen LogP contribution is -1.94. The van der Waals surface area contributed by atoms with Crippen LogP contribution in [0.15, 0.2) is 42.5 Å². The molecule has 0 aliphatic carbocycles. The van der Waals surface area contributed by atoms with Crippen LogP contribution in [0.1, 0.15) is 25.3 Å². The average molecular weight is 257 g/mol. The van der Waals surface area contributed by atoms with E-state index in [1.165, 1.54) is 5.56 Å². The molecule has 2 aromatic carbocycles. The molecule has 0 heterocycles. The Labute approximate surface area is 114 Å². The summed E-state index contributed by atoms with van der Waals surface area (Å²) in [5.74, 6) is 2.63. The Morgan fingerprint density at radius 3 is 2.42 bits per heavy atom. The van der Waals surface area contributed by atoms with Crippen LogP contribution in [-0.2, 0) is 0 Å². The number of hydrogen-bond acceptors (Lipinski definition) is 3. The number of nitrogen functional groups attached to an aromatic ring is 1. The first-order valence-electron chi connectivity index (χ1n) is 6.31.